The number of hydrogen-bond donors (Lipinski definition) is 0. The first kappa shape index (κ1) is 28.9. The van der Waals surface area contributed by atoms with E-state index in [0.717, 1.165) is 22.2 Å². The molecule has 0 aliphatic carbocycles. The smallest absolute Gasteiger partial charge is 0.160 e. The van der Waals surface area contributed by atoms with Crippen LogP contribution in [-0.4, -0.2) is 9.97 Å². The Bertz CT molecular complexity index is 3150. The largest absolute Gasteiger partial charge is 0.237 e. The van der Waals surface area contributed by atoms with Gasteiger partial charge in [0.05, 0.1) is 0 Å². The molecule has 2 heteroatoms. The second-order valence-electron chi connectivity index (χ2n) is 13.7. The predicted molar refractivity (Wildman–Crippen MR) is 220 cm³/mol. The number of fused-ring (bicyclic) bond motifs is 3. The van der Waals surface area contributed by atoms with Gasteiger partial charge in [-0.1, -0.05) is 158 Å². The van der Waals surface area contributed by atoms with Gasteiger partial charge in [-0.15, -0.1) is 0 Å². The molecular formula is C50H30N2. The number of aromatic nitrogens is 2. The molecule has 0 N–H and O–H groups in total. The van der Waals surface area contributed by atoms with Crippen molar-refractivity contribution < 1.29 is 0 Å². The zero-order valence-electron chi connectivity index (χ0n) is 28.2. The van der Waals surface area contributed by atoms with Gasteiger partial charge in [0, 0.05) is 18.0 Å². The van der Waals surface area contributed by atoms with Gasteiger partial charge in [0.25, 0.3) is 0 Å². The van der Waals surface area contributed by atoms with Gasteiger partial charge < -0.3 is 0 Å². The molecule has 240 valence electrons. The fraction of sp³-hybridized carbons (Fsp3) is 0. The molecule has 1 aromatic heterocycles. The summed E-state index contributed by atoms with van der Waals surface area (Å²) in [5, 5.41) is 14.9. The van der Waals surface area contributed by atoms with Gasteiger partial charge >= 0.3 is 0 Å². The lowest BCUT2D eigenvalue weighted by atomic mass is 9.83. The van der Waals surface area contributed by atoms with Crippen LogP contribution in [0.3, 0.4) is 0 Å². The summed E-state index contributed by atoms with van der Waals surface area (Å²) in [6.07, 6.45) is 3.67. The van der Waals surface area contributed by atoms with Gasteiger partial charge in [-0.3, -0.25) is 0 Å². The molecule has 52 heavy (non-hydrogen) atoms. The lowest BCUT2D eigenvalue weighted by Gasteiger charge is -2.20. The number of nitrogens with zero attached hydrogens (tertiary/aromatic N) is 2. The summed E-state index contributed by atoms with van der Waals surface area (Å²) in [5.41, 5.74) is 8.35. The molecule has 10 aromatic carbocycles. The third-order valence-electron chi connectivity index (χ3n) is 10.9. The highest BCUT2D eigenvalue weighted by Gasteiger charge is 2.21. The van der Waals surface area contributed by atoms with Crippen LogP contribution in [0.1, 0.15) is 0 Å². The van der Waals surface area contributed by atoms with Crippen molar-refractivity contribution in [1.82, 2.24) is 9.97 Å². The van der Waals surface area contributed by atoms with Crippen molar-refractivity contribution in [3.63, 3.8) is 0 Å². The van der Waals surface area contributed by atoms with Crippen LogP contribution in [0.5, 0.6) is 0 Å². The van der Waals surface area contributed by atoms with Gasteiger partial charge in [-0.25, -0.2) is 9.97 Å². The molecule has 0 saturated carbocycles. The lowest BCUT2D eigenvalue weighted by molar-refractivity contribution is 1.18. The molecule has 11 rings (SSSR count). The highest BCUT2D eigenvalue weighted by atomic mass is 14.9. The summed E-state index contributed by atoms with van der Waals surface area (Å²) < 4.78 is 0. The minimum absolute atomic E-state index is 0.731. The van der Waals surface area contributed by atoms with Crippen molar-refractivity contribution >= 4 is 64.6 Å². The SMILES string of the molecule is c1ccc(-c2ccc3c(-c4ccc(-c5ccc6ccc7cccc8ccc5c6c78)c5ccccc45)c4ccccc4c(-c4ncccn4)c3c2)cc1. The maximum absolute atomic E-state index is 4.79. The fourth-order valence-corrected chi connectivity index (χ4v) is 8.67. The van der Waals surface area contributed by atoms with Gasteiger partial charge in [0.15, 0.2) is 5.82 Å². The topological polar surface area (TPSA) is 25.8 Å². The summed E-state index contributed by atoms with van der Waals surface area (Å²) in [7, 11) is 0. The molecule has 0 amide bonds. The second-order valence-corrected chi connectivity index (χ2v) is 13.7. The third-order valence-corrected chi connectivity index (χ3v) is 10.9. The quantitative estimate of drug-likeness (QED) is 0.139. The molecule has 0 spiro atoms. The van der Waals surface area contributed by atoms with E-state index in [2.05, 4.69) is 164 Å². The standard InChI is InChI=1S/C50H30N2/c1-2-10-31(11-3-1)35-22-25-44-45(30-35)49(50-51-28-9-29-52-50)41-17-7-6-16-40(41)48(44)43-27-26-38(36-14-4-5-15-37(36)43)39-23-20-34-19-18-32-12-8-13-33-21-24-42(39)47(34)46(32)33/h1-30H. The number of benzene rings is 10. The van der Waals surface area contributed by atoms with E-state index in [1.807, 2.05) is 18.5 Å². The summed E-state index contributed by atoms with van der Waals surface area (Å²) in [5.74, 6) is 0.731. The molecule has 0 atom stereocenters. The highest BCUT2D eigenvalue weighted by molar-refractivity contribution is 6.27. The van der Waals surface area contributed by atoms with Gasteiger partial charge in [-0.05, 0) is 110 Å². The van der Waals surface area contributed by atoms with Crippen LogP contribution < -0.4 is 0 Å². The second kappa shape index (κ2) is 11.3. The van der Waals surface area contributed by atoms with E-state index < -0.39 is 0 Å². The maximum atomic E-state index is 4.79. The first-order valence-electron chi connectivity index (χ1n) is 17.8. The molecule has 0 unspecified atom stereocenters. The first-order valence-corrected chi connectivity index (χ1v) is 17.8. The first-order chi connectivity index (χ1) is 25.8. The van der Waals surface area contributed by atoms with Crippen LogP contribution >= 0.6 is 0 Å². The van der Waals surface area contributed by atoms with Crippen molar-refractivity contribution in [2.45, 2.75) is 0 Å². The van der Waals surface area contributed by atoms with Gasteiger partial charge in [-0.2, -0.15) is 0 Å². The van der Waals surface area contributed by atoms with E-state index in [4.69, 9.17) is 9.97 Å². The van der Waals surface area contributed by atoms with E-state index in [9.17, 15) is 0 Å². The van der Waals surface area contributed by atoms with E-state index >= 15 is 0 Å². The van der Waals surface area contributed by atoms with E-state index in [1.165, 1.54) is 87.2 Å². The average Bonchev–Trinajstić information content (AvgIpc) is 3.22. The fourth-order valence-electron chi connectivity index (χ4n) is 8.67. The zero-order valence-corrected chi connectivity index (χ0v) is 28.2. The van der Waals surface area contributed by atoms with Crippen molar-refractivity contribution in [2.75, 3.05) is 0 Å². The normalized spacial score (nSPS) is 11.8. The predicted octanol–water partition coefficient (Wildman–Crippen LogP) is 13.5. The Morgan fingerprint density at radius 2 is 0.827 bits per heavy atom. The van der Waals surface area contributed by atoms with Gasteiger partial charge in [0.1, 0.15) is 0 Å². The zero-order chi connectivity index (χ0) is 34.2. The number of rotatable bonds is 4. The minimum atomic E-state index is 0.731. The Balaban J connectivity index is 1.22. The molecule has 0 saturated heterocycles. The molecule has 1 heterocycles. The van der Waals surface area contributed by atoms with Crippen molar-refractivity contribution in [3.05, 3.63) is 182 Å². The van der Waals surface area contributed by atoms with E-state index in [0.29, 0.717) is 0 Å². The van der Waals surface area contributed by atoms with Crippen LogP contribution in [0.15, 0.2) is 182 Å². The molecule has 0 aliphatic heterocycles. The van der Waals surface area contributed by atoms with Crippen LogP contribution in [0.2, 0.25) is 0 Å². The Morgan fingerprint density at radius 1 is 0.288 bits per heavy atom. The summed E-state index contributed by atoms with van der Waals surface area (Å²) >= 11 is 0. The third kappa shape index (κ3) is 4.25. The van der Waals surface area contributed by atoms with Crippen molar-refractivity contribution in [3.8, 4) is 44.8 Å². The Kier molecular flexibility index (Phi) is 6.28. The molecule has 0 radical (unpaired) electrons. The van der Waals surface area contributed by atoms with Crippen LogP contribution in [0.4, 0.5) is 0 Å². The molecule has 0 fully saturated rings. The highest BCUT2D eigenvalue weighted by Crippen LogP contribution is 2.48. The molecule has 0 aliphatic rings. The van der Waals surface area contributed by atoms with Crippen LogP contribution in [-0.2, 0) is 0 Å². The summed E-state index contributed by atoms with van der Waals surface area (Å²) in [6.45, 7) is 0. The monoisotopic (exact) mass is 658 g/mol. The van der Waals surface area contributed by atoms with Gasteiger partial charge in [0.2, 0.25) is 0 Å². The average molecular weight is 659 g/mol. The minimum Gasteiger partial charge on any atom is -0.237 e. The van der Waals surface area contributed by atoms with Crippen LogP contribution in [0.25, 0.3) is 109 Å². The molecular weight excluding hydrogens is 629 g/mol. The lowest BCUT2D eigenvalue weighted by Crippen LogP contribution is -1.95. The van der Waals surface area contributed by atoms with Crippen molar-refractivity contribution in [1.29, 1.82) is 0 Å². The Labute approximate surface area is 300 Å². The molecule has 0 bridgehead atoms. The molecule has 2 nitrogen and oxygen atoms in total. The van der Waals surface area contributed by atoms with E-state index in [-0.39, 0.29) is 0 Å². The molecule has 11 aromatic rings. The van der Waals surface area contributed by atoms with Crippen LogP contribution in [0, 0.1) is 0 Å². The Morgan fingerprint density at radius 3 is 1.60 bits per heavy atom. The number of hydrogen-bond acceptors (Lipinski definition) is 2. The summed E-state index contributed by atoms with van der Waals surface area (Å²) in [4.78, 5) is 9.59. The Hall–Kier alpha value is -6.90. The van der Waals surface area contributed by atoms with Crippen molar-refractivity contribution in [2.24, 2.45) is 0 Å². The summed E-state index contributed by atoms with van der Waals surface area (Å²) in [6, 6.07) is 62.1. The maximum Gasteiger partial charge on any atom is 0.160 e. The van der Waals surface area contributed by atoms with E-state index in [1.54, 1.807) is 0 Å².